The molecule has 0 bridgehead atoms. The number of hydrogen-bond acceptors (Lipinski definition) is 3. The van der Waals surface area contributed by atoms with E-state index in [1.807, 2.05) is 56.3 Å². The molecule has 0 saturated heterocycles. The Kier molecular flexibility index (Phi) is 8.19. The molecule has 0 aliphatic heterocycles. The lowest BCUT2D eigenvalue weighted by Crippen LogP contribution is -2.51. The molecule has 1 atom stereocenters. The summed E-state index contributed by atoms with van der Waals surface area (Å²) in [4.78, 5) is 27.6. The fraction of sp³-hybridized carbons (Fsp3) is 0.259. The molecule has 0 saturated carbocycles. The zero-order valence-electron chi connectivity index (χ0n) is 19.2. The summed E-state index contributed by atoms with van der Waals surface area (Å²) >= 11 is 0. The molecule has 172 valence electrons. The number of halogens is 1. The molecule has 33 heavy (non-hydrogen) atoms. The third kappa shape index (κ3) is 6.42. The Balaban J connectivity index is 1.88. The third-order valence-corrected chi connectivity index (χ3v) is 5.66. The number of likely N-dealkylation sites (N-methyl/N-ethyl adjacent to an activating group) is 1. The SMILES string of the molecule is CNC(=O)C(Cc1ccccc1)N(Cc1ccccc1F)C(=O)COc1ccc(C)c(C)c1. The van der Waals surface area contributed by atoms with Crippen LogP contribution in [0.15, 0.2) is 72.8 Å². The van der Waals surface area contributed by atoms with Crippen LogP contribution in [-0.2, 0) is 22.6 Å². The molecule has 0 aliphatic rings. The van der Waals surface area contributed by atoms with Gasteiger partial charge in [-0.2, -0.15) is 0 Å². The maximum Gasteiger partial charge on any atom is 0.261 e. The van der Waals surface area contributed by atoms with Crippen molar-refractivity contribution in [3.63, 3.8) is 0 Å². The lowest BCUT2D eigenvalue weighted by Gasteiger charge is -2.31. The van der Waals surface area contributed by atoms with Gasteiger partial charge in [-0.3, -0.25) is 9.59 Å². The van der Waals surface area contributed by atoms with Crippen LogP contribution >= 0.6 is 0 Å². The van der Waals surface area contributed by atoms with Crippen molar-refractivity contribution in [2.75, 3.05) is 13.7 Å². The quantitative estimate of drug-likeness (QED) is 0.534. The van der Waals surface area contributed by atoms with Crippen molar-refractivity contribution >= 4 is 11.8 Å². The summed E-state index contributed by atoms with van der Waals surface area (Å²) in [5, 5.41) is 2.64. The first-order chi connectivity index (χ1) is 15.9. The molecule has 0 fully saturated rings. The highest BCUT2D eigenvalue weighted by Crippen LogP contribution is 2.19. The van der Waals surface area contributed by atoms with Gasteiger partial charge in [-0.15, -0.1) is 0 Å². The Labute approximate surface area is 194 Å². The number of carbonyl (C=O) groups excluding carboxylic acids is 2. The van der Waals surface area contributed by atoms with Crippen LogP contribution in [0.2, 0.25) is 0 Å². The fourth-order valence-electron chi connectivity index (χ4n) is 3.56. The topological polar surface area (TPSA) is 58.6 Å². The van der Waals surface area contributed by atoms with E-state index >= 15 is 0 Å². The second-order valence-corrected chi connectivity index (χ2v) is 7.97. The lowest BCUT2D eigenvalue weighted by molar-refractivity contribution is -0.142. The smallest absolute Gasteiger partial charge is 0.261 e. The molecular weight excluding hydrogens is 419 g/mol. The van der Waals surface area contributed by atoms with Gasteiger partial charge in [-0.05, 0) is 48.7 Å². The minimum atomic E-state index is -0.826. The van der Waals surface area contributed by atoms with E-state index in [2.05, 4.69) is 5.32 Å². The zero-order valence-corrected chi connectivity index (χ0v) is 19.2. The summed E-state index contributed by atoms with van der Waals surface area (Å²) in [6, 6.07) is 20.5. The van der Waals surface area contributed by atoms with E-state index in [-0.39, 0.29) is 19.1 Å². The van der Waals surface area contributed by atoms with Gasteiger partial charge in [0.2, 0.25) is 5.91 Å². The first-order valence-electron chi connectivity index (χ1n) is 10.9. The van der Waals surface area contributed by atoms with Crippen LogP contribution in [0.3, 0.4) is 0 Å². The standard InChI is InChI=1S/C27H29FN2O3/c1-19-13-14-23(15-20(19)2)33-18-26(31)30(17-22-11-7-8-12-24(22)28)25(27(32)29-3)16-21-9-5-4-6-10-21/h4-15,25H,16-18H2,1-3H3,(H,29,32). The maximum atomic E-state index is 14.4. The van der Waals surface area contributed by atoms with E-state index < -0.39 is 17.8 Å². The van der Waals surface area contributed by atoms with E-state index in [9.17, 15) is 14.0 Å². The Morgan fingerprint density at radius 1 is 0.970 bits per heavy atom. The molecule has 5 nitrogen and oxygen atoms in total. The van der Waals surface area contributed by atoms with E-state index in [0.29, 0.717) is 17.7 Å². The van der Waals surface area contributed by atoms with Crippen LogP contribution in [-0.4, -0.2) is 36.4 Å². The summed E-state index contributed by atoms with van der Waals surface area (Å²) in [7, 11) is 1.53. The molecule has 3 rings (SSSR count). The molecule has 0 heterocycles. The second-order valence-electron chi connectivity index (χ2n) is 7.97. The van der Waals surface area contributed by atoms with Gasteiger partial charge < -0.3 is 15.0 Å². The number of ether oxygens (including phenoxy) is 1. The first kappa shape index (κ1) is 24.0. The van der Waals surface area contributed by atoms with Gasteiger partial charge in [-0.1, -0.05) is 54.6 Å². The first-order valence-corrected chi connectivity index (χ1v) is 10.9. The van der Waals surface area contributed by atoms with E-state index in [0.717, 1.165) is 16.7 Å². The number of aryl methyl sites for hydroxylation is 2. The van der Waals surface area contributed by atoms with Crippen molar-refractivity contribution in [3.8, 4) is 5.75 Å². The predicted octanol–water partition coefficient (Wildman–Crippen LogP) is 4.21. The molecule has 1 unspecified atom stereocenters. The highest BCUT2D eigenvalue weighted by molar-refractivity contribution is 5.88. The van der Waals surface area contributed by atoms with Gasteiger partial charge in [0.25, 0.3) is 5.91 Å². The molecule has 0 spiro atoms. The molecule has 3 aromatic carbocycles. The molecule has 0 radical (unpaired) electrons. The van der Waals surface area contributed by atoms with Gasteiger partial charge in [0.1, 0.15) is 17.6 Å². The number of rotatable bonds is 9. The van der Waals surface area contributed by atoms with Crippen molar-refractivity contribution in [3.05, 3.63) is 101 Å². The minimum absolute atomic E-state index is 0.0489. The van der Waals surface area contributed by atoms with Crippen molar-refractivity contribution in [2.45, 2.75) is 32.9 Å². The van der Waals surface area contributed by atoms with Crippen molar-refractivity contribution in [2.24, 2.45) is 0 Å². The second kappa shape index (κ2) is 11.3. The van der Waals surface area contributed by atoms with E-state index in [1.54, 1.807) is 24.3 Å². The van der Waals surface area contributed by atoms with E-state index in [4.69, 9.17) is 4.74 Å². The van der Waals surface area contributed by atoms with Crippen LogP contribution in [0.25, 0.3) is 0 Å². The molecule has 6 heteroatoms. The van der Waals surface area contributed by atoms with Crippen LogP contribution < -0.4 is 10.1 Å². The highest BCUT2D eigenvalue weighted by atomic mass is 19.1. The summed E-state index contributed by atoms with van der Waals surface area (Å²) in [5.41, 5.74) is 3.40. The minimum Gasteiger partial charge on any atom is -0.484 e. The average Bonchev–Trinajstić information content (AvgIpc) is 2.83. The molecule has 3 aromatic rings. The normalized spacial score (nSPS) is 11.5. The Morgan fingerprint density at radius 2 is 1.67 bits per heavy atom. The van der Waals surface area contributed by atoms with Gasteiger partial charge in [-0.25, -0.2) is 4.39 Å². The molecule has 0 aromatic heterocycles. The Morgan fingerprint density at radius 3 is 2.33 bits per heavy atom. The summed E-state index contributed by atoms with van der Waals surface area (Å²) in [6.45, 7) is 3.65. The summed E-state index contributed by atoms with van der Waals surface area (Å²) in [6.07, 6.45) is 0.296. The third-order valence-electron chi connectivity index (χ3n) is 5.66. The van der Waals surface area contributed by atoms with Crippen LogP contribution in [0, 0.1) is 19.7 Å². The van der Waals surface area contributed by atoms with Gasteiger partial charge in [0, 0.05) is 25.6 Å². The summed E-state index contributed by atoms with van der Waals surface area (Å²) in [5.74, 6) is -0.590. The average molecular weight is 449 g/mol. The Bertz CT molecular complexity index is 1100. The van der Waals surface area contributed by atoms with Crippen molar-refractivity contribution in [1.82, 2.24) is 10.2 Å². The van der Waals surface area contributed by atoms with Gasteiger partial charge in [0.05, 0.1) is 0 Å². The number of amides is 2. The van der Waals surface area contributed by atoms with Crippen molar-refractivity contribution in [1.29, 1.82) is 0 Å². The number of nitrogens with one attached hydrogen (secondary N) is 1. The zero-order chi connectivity index (χ0) is 23.8. The molecule has 0 aliphatic carbocycles. The van der Waals surface area contributed by atoms with E-state index in [1.165, 1.54) is 18.0 Å². The maximum absolute atomic E-state index is 14.4. The molecular formula is C27H29FN2O3. The number of nitrogens with zero attached hydrogens (tertiary/aromatic N) is 1. The monoisotopic (exact) mass is 448 g/mol. The lowest BCUT2D eigenvalue weighted by atomic mass is 10.0. The number of hydrogen-bond donors (Lipinski definition) is 1. The largest absolute Gasteiger partial charge is 0.484 e. The highest BCUT2D eigenvalue weighted by Gasteiger charge is 2.30. The van der Waals surface area contributed by atoms with Crippen LogP contribution in [0.1, 0.15) is 22.3 Å². The number of carbonyl (C=O) groups is 2. The van der Waals surface area contributed by atoms with Gasteiger partial charge in [0.15, 0.2) is 6.61 Å². The van der Waals surface area contributed by atoms with Crippen LogP contribution in [0.4, 0.5) is 4.39 Å². The van der Waals surface area contributed by atoms with Crippen LogP contribution in [0.5, 0.6) is 5.75 Å². The predicted molar refractivity (Wildman–Crippen MR) is 126 cm³/mol. The van der Waals surface area contributed by atoms with Gasteiger partial charge >= 0.3 is 0 Å². The molecule has 2 amide bonds. The Hall–Kier alpha value is -3.67. The number of benzene rings is 3. The fourth-order valence-corrected chi connectivity index (χ4v) is 3.56. The molecule has 1 N–H and O–H groups in total. The summed E-state index contributed by atoms with van der Waals surface area (Å²) < 4.78 is 20.2. The van der Waals surface area contributed by atoms with Crippen molar-refractivity contribution < 1.29 is 18.7 Å².